The van der Waals surface area contributed by atoms with Crippen molar-refractivity contribution < 1.29 is 19.5 Å². The minimum Gasteiger partial charge on any atom is -0.545 e. The SMILES string of the molecule is CC[N+](CC)(CC)CCO.Nc1ccc(C(=O)[O-])cc1. The Morgan fingerprint density at radius 3 is 1.85 bits per heavy atom. The molecule has 1 rings (SSSR count). The van der Waals surface area contributed by atoms with Crippen LogP contribution in [0.15, 0.2) is 24.3 Å². The Labute approximate surface area is 121 Å². The molecule has 0 fully saturated rings. The normalized spacial score (nSPS) is 10.6. The van der Waals surface area contributed by atoms with Crippen LogP contribution in [0.3, 0.4) is 0 Å². The van der Waals surface area contributed by atoms with Crippen LogP contribution in [0.5, 0.6) is 0 Å². The van der Waals surface area contributed by atoms with E-state index < -0.39 is 5.97 Å². The summed E-state index contributed by atoms with van der Waals surface area (Å²) in [5.74, 6) is -1.18. The predicted octanol–water partition coefficient (Wildman–Crippen LogP) is 0.488. The molecule has 0 saturated carbocycles. The Morgan fingerprint density at radius 2 is 1.60 bits per heavy atom. The number of likely N-dealkylation sites (N-methyl/N-ethyl adjacent to an activating group) is 1. The van der Waals surface area contributed by atoms with E-state index >= 15 is 0 Å². The average Bonchev–Trinajstić information content (AvgIpc) is 2.46. The van der Waals surface area contributed by atoms with Crippen LogP contribution in [0.2, 0.25) is 0 Å². The van der Waals surface area contributed by atoms with Crippen LogP contribution >= 0.6 is 0 Å². The highest BCUT2D eigenvalue weighted by molar-refractivity contribution is 5.86. The molecule has 0 spiro atoms. The van der Waals surface area contributed by atoms with Crippen molar-refractivity contribution in [3.8, 4) is 0 Å². The van der Waals surface area contributed by atoms with Gasteiger partial charge in [-0.1, -0.05) is 12.1 Å². The van der Waals surface area contributed by atoms with Crippen molar-refractivity contribution >= 4 is 11.7 Å². The maximum absolute atomic E-state index is 10.2. The molecule has 0 heterocycles. The van der Waals surface area contributed by atoms with Gasteiger partial charge in [0.05, 0.1) is 32.2 Å². The Bertz CT molecular complexity index is 378. The number of carboxylic acids is 1. The molecule has 5 nitrogen and oxygen atoms in total. The fourth-order valence-electron chi connectivity index (χ4n) is 1.98. The van der Waals surface area contributed by atoms with Gasteiger partial charge in [0.1, 0.15) is 6.54 Å². The van der Waals surface area contributed by atoms with Crippen LogP contribution in [0.25, 0.3) is 0 Å². The quantitative estimate of drug-likeness (QED) is 0.587. The molecule has 3 N–H and O–H groups in total. The molecular formula is C15H26N2O3. The van der Waals surface area contributed by atoms with E-state index in [1.54, 1.807) is 0 Å². The fraction of sp³-hybridized carbons (Fsp3) is 0.533. The lowest BCUT2D eigenvalue weighted by Crippen LogP contribution is -2.49. The summed E-state index contributed by atoms with van der Waals surface area (Å²) in [7, 11) is 0. The van der Waals surface area contributed by atoms with Gasteiger partial charge in [0.2, 0.25) is 0 Å². The number of hydrogen-bond acceptors (Lipinski definition) is 4. The number of nitrogens with zero attached hydrogens (tertiary/aromatic N) is 1. The summed E-state index contributed by atoms with van der Waals surface area (Å²) in [5.41, 5.74) is 6.01. The van der Waals surface area contributed by atoms with E-state index in [-0.39, 0.29) is 5.56 Å². The Morgan fingerprint density at radius 1 is 1.15 bits per heavy atom. The third-order valence-corrected chi connectivity index (χ3v) is 3.73. The highest BCUT2D eigenvalue weighted by Crippen LogP contribution is 2.04. The number of aliphatic hydroxyl groups is 1. The highest BCUT2D eigenvalue weighted by atomic mass is 16.4. The van der Waals surface area contributed by atoms with Crippen molar-refractivity contribution in [1.82, 2.24) is 0 Å². The van der Waals surface area contributed by atoms with Crippen molar-refractivity contribution in [2.45, 2.75) is 20.8 Å². The van der Waals surface area contributed by atoms with E-state index in [1.807, 2.05) is 0 Å². The summed E-state index contributed by atoms with van der Waals surface area (Å²) in [6.07, 6.45) is 0. The standard InChI is InChI=1S/C8H20NO.C7H7NO2/c1-4-9(5-2,6-3)7-8-10;8-6-3-1-5(2-4-6)7(9)10/h10H,4-8H2,1-3H3;1-4H,8H2,(H,9,10)/q+1;/p-1. The average molecular weight is 282 g/mol. The molecule has 0 radical (unpaired) electrons. The maximum atomic E-state index is 10.2. The number of quaternary nitrogens is 1. The van der Waals surface area contributed by atoms with Crippen LogP contribution < -0.4 is 10.8 Å². The summed E-state index contributed by atoms with van der Waals surface area (Å²) in [5, 5.41) is 18.9. The first kappa shape index (κ1) is 18.4. The van der Waals surface area contributed by atoms with Crippen molar-refractivity contribution in [2.75, 3.05) is 38.5 Å². The van der Waals surface area contributed by atoms with Crippen molar-refractivity contribution in [3.05, 3.63) is 29.8 Å². The number of carbonyl (C=O) groups excluding carboxylic acids is 1. The van der Waals surface area contributed by atoms with Gasteiger partial charge in [0.25, 0.3) is 0 Å². The molecule has 0 amide bonds. The molecular weight excluding hydrogens is 256 g/mol. The lowest BCUT2D eigenvalue weighted by molar-refractivity contribution is -0.923. The van der Waals surface area contributed by atoms with Gasteiger partial charge in [-0.05, 0) is 38.5 Å². The number of aliphatic hydroxyl groups excluding tert-OH is 1. The summed E-state index contributed by atoms with van der Waals surface area (Å²) in [6.45, 7) is 11.2. The summed E-state index contributed by atoms with van der Waals surface area (Å²) in [6, 6.07) is 5.85. The van der Waals surface area contributed by atoms with Crippen molar-refractivity contribution in [2.24, 2.45) is 0 Å². The van der Waals surface area contributed by atoms with Gasteiger partial charge in [0.15, 0.2) is 0 Å². The number of rotatable bonds is 6. The van der Waals surface area contributed by atoms with Crippen LogP contribution in [-0.2, 0) is 0 Å². The first-order valence-electron chi connectivity index (χ1n) is 6.97. The number of carboxylic acid groups (broad SMARTS) is 1. The lowest BCUT2D eigenvalue weighted by atomic mass is 10.2. The smallest absolute Gasteiger partial charge is 0.102 e. The molecule has 114 valence electrons. The minimum atomic E-state index is -1.18. The number of nitrogen functional groups attached to an aromatic ring is 1. The van der Waals surface area contributed by atoms with Gasteiger partial charge in [-0.2, -0.15) is 0 Å². The molecule has 0 atom stereocenters. The number of anilines is 1. The minimum absolute atomic E-state index is 0.147. The second kappa shape index (κ2) is 9.34. The molecule has 0 unspecified atom stereocenters. The molecule has 0 aliphatic rings. The monoisotopic (exact) mass is 282 g/mol. The topological polar surface area (TPSA) is 86.4 Å². The van der Waals surface area contributed by atoms with Gasteiger partial charge >= 0.3 is 0 Å². The van der Waals surface area contributed by atoms with E-state index in [4.69, 9.17) is 10.8 Å². The zero-order chi connectivity index (χ0) is 15.6. The molecule has 1 aromatic rings. The van der Waals surface area contributed by atoms with Crippen molar-refractivity contribution in [3.63, 3.8) is 0 Å². The summed E-state index contributed by atoms with van der Waals surface area (Å²) in [4.78, 5) is 10.2. The predicted molar refractivity (Wildman–Crippen MR) is 79.0 cm³/mol. The second-order valence-electron chi connectivity index (χ2n) is 4.65. The van der Waals surface area contributed by atoms with E-state index in [0.29, 0.717) is 12.3 Å². The number of aromatic carboxylic acids is 1. The number of benzene rings is 1. The molecule has 1 aromatic carbocycles. The Kier molecular flexibility index (Phi) is 8.59. The highest BCUT2D eigenvalue weighted by Gasteiger charge is 2.18. The molecule has 20 heavy (non-hydrogen) atoms. The third-order valence-electron chi connectivity index (χ3n) is 3.73. The molecule has 0 saturated heterocycles. The number of nitrogens with two attached hydrogens (primary N) is 1. The van der Waals surface area contributed by atoms with E-state index in [0.717, 1.165) is 30.7 Å². The van der Waals surface area contributed by atoms with Gasteiger partial charge in [-0.3, -0.25) is 0 Å². The number of hydrogen-bond donors (Lipinski definition) is 2. The summed E-state index contributed by atoms with van der Waals surface area (Å²) < 4.78 is 1.05. The number of carbonyl (C=O) groups is 1. The molecule has 0 aliphatic carbocycles. The van der Waals surface area contributed by atoms with Crippen LogP contribution in [0, 0.1) is 0 Å². The van der Waals surface area contributed by atoms with Crippen molar-refractivity contribution in [1.29, 1.82) is 0 Å². The van der Waals surface area contributed by atoms with E-state index in [2.05, 4.69) is 20.8 Å². The first-order chi connectivity index (χ1) is 9.44. The van der Waals surface area contributed by atoms with Gasteiger partial charge in [-0.15, -0.1) is 0 Å². The Balaban J connectivity index is 0.000000361. The van der Waals surface area contributed by atoms with Crippen LogP contribution in [0.4, 0.5) is 5.69 Å². The maximum Gasteiger partial charge on any atom is 0.102 e. The van der Waals surface area contributed by atoms with E-state index in [1.165, 1.54) is 24.3 Å². The Hall–Kier alpha value is -1.59. The second-order valence-corrected chi connectivity index (χ2v) is 4.65. The molecule has 0 aromatic heterocycles. The lowest BCUT2D eigenvalue weighted by Gasteiger charge is -2.34. The molecule has 0 bridgehead atoms. The first-order valence-corrected chi connectivity index (χ1v) is 6.97. The van der Waals surface area contributed by atoms with Gasteiger partial charge in [-0.25, -0.2) is 0 Å². The third kappa shape index (κ3) is 6.04. The summed E-state index contributed by atoms with van der Waals surface area (Å²) >= 11 is 0. The largest absolute Gasteiger partial charge is 0.545 e. The van der Waals surface area contributed by atoms with Gasteiger partial charge in [0, 0.05) is 5.69 Å². The van der Waals surface area contributed by atoms with Crippen LogP contribution in [0.1, 0.15) is 31.1 Å². The van der Waals surface area contributed by atoms with E-state index in [9.17, 15) is 9.90 Å². The zero-order valence-corrected chi connectivity index (χ0v) is 12.6. The molecule has 5 heteroatoms. The molecule has 0 aliphatic heterocycles. The van der Waals surface area contributed by atoms with Gasteiger partial charge < -0.3 is 25.2 Å². The van der Waals surface area contributed by atoms with Crippen LogP contribution in [-0.4, -0.2) is 48.3 Å². The zero-order valence-electron chi connectivity index (χ0n) is 12.6. The fourth-order valence-corrected chi connectivity index (χ4v) is 1.98.